The quantitative estimate of drug-likeness (QED) is 0.293. The van der Waals surface area contributed by atoms with Crippen LogP contribution < -0.4 is 0 Å². The molecular weight excluding hydrogens is 424 g/mol. The molecule has 0 aliphatic rings. The number of unbranched alkanes of at least 4 members (excludes halogenated alkanes) is 1. The van der Waals surface area contributed by atoms with Gasteiger partial charge in [-0.2, -0.15) is 0 Å². The summed E-state index contributed by atoms with van der Waals surface area (Å²) in [7, 11) is 0. The van der Waals surface area contributed by atoms with Crippen molar-refractivity contribution in [1.82, 2.24) is 0 Å². The summed E-state index contributed by atoms with van der Waals surface area (Å²) in [5.41, 5.74) is 5.87. The molecule has 0 aliphatic heterocycles. The molecule has 0 atom stereocenters. The standard InChI is InChI=1S/C30H26O4/c1-2-3-11-21-18-19-22(20-12-5-4-6-13-20)28(24-15-8-10-17-26(24)30(33)34)27(21)23-14-7-9-16-25(23)29(31)32/h4-10,12-19H,2-3,11H2,1H3,(H,31,32)(H,33,34). The smallest absolute Gasteiger partial charge is 0.336 e. The molecule has 0 bridgehead atoms. The monoisotopic (exact) mass is 450 g/mol. The highest BCUT2D eigenvalue weighted by Crippen LogP contribution is 2.44. The van der Waals surface area contributed by atoms with E-state index in [4.69, 9.17) is 0 Å². The molecule has 2 N–H and O–H groups in total. The van der Waals surface area contributed by atoms with Crippen LogP contribution in [-0.4, -0.2) is 22.2 Å². The molecule has 0 fully saturated rings. The van der Waals surface area contributed by atoms with E-state index in [1.165, 1.54) is 0 Å². The molecule has 34 heavy (non-hydrogen) atoms. The van der Waals surface area contributed by atoms with Crippen molar-refractivity contribution in [3.05, 3.63) is 108 Å². The Hall–Kier alpha value is -4.18. The molecule has 0 saturated carbocycles. The maximum atomic E-state index is 12.2. The first kappa shape index (κ1) is 23.0. The van der Waals surface area contributed by atoms with Gasteiger partial charge in [0.05, 0.1) is 11.1 Å². The fourth-order valence-electron chi connectivity index (χ4n) is 4.44. The second-order valence-electron chi connectivity index (χ2n) is 8.19. The van der Waals surface area contributed by atoms with Gasteiger partial charge in [-0.15, -0.1) is 0 Å². The largest absolute Gasteiger partial charge is 0.478 e. The molecular formula is C30H26O4. The van der Waals surface area contributed by atoms with Crippen molar-refractivity contribution >= 4 is 11.9 Å². The number of carboxylic acids is 2. The van der Waals surface area contributed by atoms with Gasteiger partial charge in [0, 0.05) is 0 Å². The van der Waals surface area contributed by atoms with E-state index in [1.54, 1.807) is 24.3 Å². The van der Waals surface area contributed by atoms with Gasteiger partial charge < -0.3 is 10.2 Å². The number of hydrogen-bond acceptors (Lipinski definition) is 2. The average molecular weight is 451 g/mol. The third-order valence-corrected chi connectivity index (χ3v) is 6.03. The lowest BCUT2D eigenvalue weighted by Crippen LogP contribution is -2.06. The maximum absolute atomic E-state index is 12.2. The number of aryl methyl sites for hydroxylation is 1. The van der Waals surface area contributed by atoms with E-state index in [9.17, 15) is 19.8 Å². The Morgan fingerprint density at radius 3 is 1.71 bits per heavy atom. The van der Waals surface area contributed by atoms with E-state index in [0.29, 0.717) is 11.1 Å². The lowest BCUT2D eigenvalue weighted by molar-refractivity contribution is 0.0686. The first-order valence-corrected chi connectivity index (χ1v) is 11.4. The molecule has 4 aromatic rings. The highest BCUT2D eigenvalue weighted by Gasteiger charge is 2.24. The van der Waals surface area contributed by atoms with Crippen LogP contribution in [0.25, 0.3) is 33.4 Å². The maximum Gasteiger partial charge on any atom is 0.336 e. The Bertz CT molecular complexity index is 1340. The van der Waals surface area contributed by atoms with Crippen molar-refractivity contribution in [2.75, 3.05) is 0 Å². The second kappa shape index (κ2) is 10.2. The minimum absolute atomic E-state index is 0.182. The normalized spacial score (nSPS) is 10.7. The Kier molecular flexibility index (Phi) is 6.88. The zero-order valence-electron chi connectivity index (χ0n) is 19.0. The fourth-order valence-corrected chi connectivity index (χ4v) is 4.44. The van der Waals surface area contributed by atoms with Crippen molar-refractivity contribution in [3.63, 3.8) is 0 Å². The van der Waals surface area contributed by atoms with Gasteiger partial charge in [-0.25, -0.2) is 9.59 Å². The summed E-state index contributed by atoms with van der Waals surface area (Å²) in [6.07, 6.45) is 2.69. The molecule has 0 heterocycles. The van der Waals surface area contributed by atoms with Crippen molar-refractivity contribution in [2.45, 2.75) is 26.2 Å². The Morgan fingerprint density at radius 1 is 0.618 bits per heavy atom. The van der Waals surface area contributed by atoms with Crippen LogP contribution in [0.1, 0.15) is 46.0 Å². The molecule has 4 aromatic carbocycles. The molecule has 0 unspecified atom stereocenters. The Labute approximate surface area is 199 Å². The molecule has 0 aromatic heterocycles. The zero-order chi connectivity index (χ0) is 24.1. The van der Waals surface area contributed by atoms with Gasteiger partial charge >= 0.3 is 11.9 Å². The van der Waals surface area contributed by atoms with Gasteiger partial charge in [-0.3, -0.25) is 0 Å². The molecule has 0 radical (unpaired) electrons. The molecule has 4 heteroatoms. The Balaban J connectivity index is 2.18. The lowest BCUT2D eigenvalue weighted by Gasteiger charge is -2.22. The number of aromatic carboxylic acids is 2. The zero-order valence-corrected chi connectivity index (χ0v) is 19.0. The molecule has 0 amide bonds. The number of rotatable bonds is 8. The van der Waals surface area contributed by atoms with Gasteiger partial charge in [0.2, 0.25) is 0 Å². The summed E-state index contributed by atoms with van der Waals surface area (Å²) >= 11 is 0. The van der Waals surface area contributed by atoms with Crippen LogP contribution >= 0.6 is 0 Å². The minimum atomic E-state index is -1.02. The number of carbonyl (C=O) groups is 2. The van der Waals surface area contributed by atoms with E-state index in [2.05, 4.69) is 13.0 Å². The molecule has 0 aliphatic carbocycles. The highest BCUT2D eigenvalue weighted by atomic mass is 16.4. The summed E-state index contributed by atoms with van der Waals surface area (Å²) in [5.74, 6) is -2.04. The van der Waals surface area contributed by atoms with Crippen LogP contribution in [0.4, 0.5) is 0 Å². The SMILES string of the molecule is CCCCc1ccc(-c2ccccc2)c(-c2ccccc2C(=O)O)c1-c1ccccc1C(=O)O. The molecule has 4 nitrogen and oxygen atoms in total. The number of benzene rings is 4. The van der Waals surface area contributed by atoms with Crippen LogP contribution in [0.2, 0.25) is 0 Å². The van der Waals surface area contributed by atoms with Crippen LogP contribution in [0.5, 0.6) is 0 Å². The van der Waals surface area contributed by atoms with E-state index < -0.39 is 11.9 Å². The molecule has 0 spiro atoms. The first-order valence-electron chi connectivity index (χ1n) is 11.4. The van der Waals surface area contributed by atoms with Crippen LogP contribution in [-0.2, 0) is 6.42 Å². The van der Waals surface area contributed by atoms with Crippen molar-refractivity contribution in [1.29, 1.82) is 0 Å². The molecule has 4 rings (SSSR count). The van der Waals surface area contributed by atoms with Crippen molar-refractivity contribution < 1.29 is 19.8 Å². The van der Waals surface area contributed by atoms with Crippen molar-refractivity contribution in [2.24, 2.45) is 0 Å². The molecule has 170 valence electrons. The first-order chi connectivity index (χ1) is 16.5. The van der Waals surface area contributed by atoms with Crippen LogP contribution in [0.3, 0.4) is 0 Å². The summed E-state index contributed by atoms with van der Waals surface area (Å²) < 4.78 is 0. The van der Waals surface area contributed by atoms with Gasteiger partial charge in [-0.05, 0) is 63.9 Å². The van der Waals surface area contributed by atoms with E-state index in [-0.39, 0.29) is 11.1 Å². The highest BCUT2D eigenvalue weighted by molar-refractivity contribution is 6.06. The third-order valence-electron chi connectivity index (χ3n) is 6.03. The van der Waals surface area contributed by atoms with Crippen molar-refractivity contribution in [3.8, 4) is 33.4 Å². The van der Waals surface area contributed by atoms with E-state index in [1.807, 2.05) is 60.7 Å². The number of hydrogen-bond donors (Lipinski definition) is 2. The summed E-state index contributed by atoms with van der Waals surface area (Å²) in [4.78, 5) is 24.4. The summed E-state index contributed by atoms with van der Waals surface area (Å²) in [6.45, 7) is 2.11. The predicted octanol–water partition coefficient (Wildman–Crippen LogP) is 7.43. The van der Waals surface area contributed by atoms with Gasteiger partial charge in [-0.1, -0.05) is 92.2 Å². The topological polar surface area (TPSA) is 74.6 Å². The lowest BCUT2D eigenvalue weighted by atomic mass is 9.81. The van der Waals surface area contributed by atoms with Gasteiger partial charge in [0.1, 0.15) is 0 Å². The third kappa shape index (κ3) is 4.48. The fraction of sp³-hybridized carbons (Fsp3) is 0.133. The molecule has 0 saturated heterocycles. The van der Waals surface area contributed by atoms with Crippen LogP contribution in [0.15, 0.2) is 91.0 Å². The summed E-state index contributed by atoms with van der Waals surface area (Å²) in [5, 5.41) is 20.0. The van der Waals surface area contributed by atoms with E-state index >= 15 is 0 Å². The predicted molar refractivity (Wildman–Crippen MR) is 135 cm³/mol. The van der Waals surface area contributed by atoms with Crippen LogP contribution in [0, 0.1) is 0 Å². The van der Waals surface area contributed by atoms with E-state index in [0.717, 1.165) is 47.1 Å². The average Bonchev–Trinajstić information content (AvgIpc) is 2.87. The van der Waals surface area contributed by atoms with Gasteiger partial charge in [0.15, 0.2) is 0 Å². The Morgan fingerprint density at radius 2 is 1.15 bits per heavy atom. The summed E-state index contributed by atoms with van der Waals surface area (Å²) in [6, 6.07) is 27.8. The van der Waals surface area contributed by atoms with Gasteiger partial charge in [0.25, 0.3) is 0 Å². The number of carboxylic acid groups (broad SMARTS) is 2. The minimum Gasteiger partial charge on any atom is -0.478 e. The second-order valence-corrected chi connectivity index (χ2v) is 8.19.